The highest BCUT2D eigenvalue weighted by Crippen LogP contribution is 2.24. The van der Waals surface area contributed by atoms with Gasteiger partial charge in [0.05, 0.1) is 19.3 Å². The molecule has 0 radical (unpaired) electrons. The van der Waals surface area contributed by atoms with E-state index in [0.29, 0.717) is 18.0 Å². The molecule has 102 valence electrons. The van der Waals surface area contributed by atoms with E-state index in [0.717, 1.165) is 11.3 Å². The fourth-order valence-electron chi connectivity index (χ4n) is 2.25. The van der Waals surface area contributed by atoms with Crippen molar-refractivity contribution in [1.29, 1.82) is 0 Å². The Bertz CT molecular complexity index is 630. The van der Waals surface area contributed by atoms with Crippen molar-refractivity contribution in [3.8, 4) is 5.75 Å². The molecule has 0 saturated heterocycles. The smallest absolute Gasteiger partial charge is 0.244 e. The number of hydrazone groups is 1. The maximum Gasteiger partial charge on any atom is 0.244 e. The molecule has 0 aliphatic carbocycles. The quantitative estimate of drug-likeness (QED) is 0.865. The van der Waals surface area contributed by atoms with Gasteiger partial charge < -0.3 is 14.6 Å². The largest absolute Gasteiger partial charge is 0.497 e. The summed E-state index contributed by atoms with van der Waals surface area (Å²) in [5.41, 5.74) is 4.39. The summed E-state index contributed by atoms with van der Waals surface area (Å²) >= 11 is 0. The molecule has 1 aromatic carbocycles. The second-order valence-electron chi connectivity index (χ2n) is 4.49. The summed E-state index contributed by atoms with van der Waals surface area (Å²) in [4.78, 5) is 12.3. The number of benzene rings is 1. The third-order valence-corrected chi connectivity index (χ3v) is 3.32. The lowest BCUT2D eigenvalue weighted by Crippen LogP contribution is -2.21. The molecule has 0 fully saturated rings. The molecule has 0 amide bonds. The van der Waals surface area contributed by atoms with Crippen molar-refractivity contribution in [3.05, 3.63) is 54.0 Å². The van der Waals surface area contributed by atoms with Crippen LogP contribution >= 0.6 is 0 Å². The second-order valence-corrected chi connectivity index (χ2v) is 4.49. The average Bonchev–Trinajstić information content (AvgIpc) is 3.18. The average molecular weight is 270 g/mol. The third-order valence-electron chi connectivity index (χ3n) is 3.32. The van der Waals surface area contributed by atoms with Crippen LogP contribution in [0.1, 0.15) is 22.0 Å². The first kappa shape index (κ1) is 12.5. The van der Waals surface area contributed by atoms with E-state index in [2.05, 4.69) is 10.5 Å². The molecule has 0 unspecified atom stereocenters. The maximum absolute atomic E-state index is 12.3. The monoisotopic (exact) mass is 270 g/mol. The van der Waals surface area contributed by atoms with E-state index in [-0.39, 0.29) is 11.7 Å². The van der Waals surface area contributed by atoms with Crippen molar-refractivity contribution >= 4 is 11.5 Å². The van der Waals surface area contributed by atoms with Gasteiger partial charge in [-0.2, -0.15) is 5.10 Å². The number of furan rings is 1. The van der Waals surface area contributed by atoms with Crippen molar-refractivity contribution in [2.45, 2.75) is 5.92 Å². The first-order valence-corrected chi connectivity index (χ1v) is 6.32. The van der Waals surface area contributed by atoms with Crippen LogP contribution in [0.3, 0.4) is 0 Å². The molecule has 2 heterocycles. The van der Waals surface area contributed by atoms with Crippen molar-refractivity contribution < 1.29 is 13.9 Å². The Morgan fingerprint density at radius 2 is 2.15 bits per heavy atom. The van der Waals surface area contributed by atoms with E-state index >= 15 is 0 Å². The molecule has 0 spiro atoms. The van der Waals surface area contributed by atoms with Crippen LogP contribution < -0.4 is 10.2 Å². The fourth-order valence-corrected chi connectivity index (χ4v) is 2.25. The van der Waals surface area contributed by atoms with Gasteiger partial charge in [-0.05, 0) is 29.8 Å². The Balaban J connectivity index is 1.86. The summed E-state index contributed by atoms with van der Waals surface area (Å²) in [6, 6.07) is 11.0. The Morgan fingerprint density at radius 1 is 1.35 bits per heavy atom. The number of rotatable bonds is 4. The minimum atomic E-state index is -0.180. The molecule has 0 saturated carbocycles. The van der Waals surface area contributed by atoms with E-state index in [9.17, 15) is 4.79 Å². The van der Waals surface area contributed by atoms with Crippen LogP contribution in [0.2, 0.25) is 0 Å². The van der Waals surface area contributed by atoms with E-state index in [1.807, 2.05) is 24.3 Å². The lowest BCUT2D eigenvalue weighted by atomic mass is 9.92. The van der Waals surface area contributed by atoms with Gasteiger partial charge in [0.15, 0.2) is 5.76 Å². The number of hydrogen-bond donors (Lipinski definition) is 1. The lowest BCUT2D eigenvalue weighted by molar-refractivity contribution is 0.103. The zero-order chi connectivity index (χ0) is 13.9. The summed E-state index contributed by atoms with van der Waals surface area (Å²) in [5.74, 6) is 0.848. The number of carbonyl (C=O) groups is 1. The zero-order valence-corrected chi connectivity index (χ0v) is 11.0. The molecule has 0 bridgehead atoms. The van der Waals surface area contributed by atoms with Crippen LogP contribution in [0.15, 0.2) is 52.2 Å². The Labute approximate surface area is 116 Å². The molecule has 20 heavy (non-hydrogen) atoms. The minimum absolute atomic E-state index is 0.0708. The Hall–Kier alpha value is -2.56. The summed E-state index contributed by atoms with van der Waals surface area (Å²) in [6.45, 7) is 0.605. The molecule has 1 N–H and O–H groups in total. The van der Waals surface area contributed by atoms with Crippen LogP contribution in [0.4, 0.5) is 0 Å². The molecule has 5 nitrogen and oxygen atoms in total. The highest BCUT2D eigenvalue weighted by atomic mass is 16.5. The SMILES string of the molecule is COc1ccc([C@H]2CNN=C2C(=O)c2ccco2)cc1. The molecule has 5 heteroatoms. The van der Waals surface area contributed by atoms with Gasteiger partial charge in [0, 0.05) is 6.54 Å². The number of methoxy groups -OCH3 is 1. The van der Waals surface area contributed by atoms with E-state index in [1.54, 1.807) is 19.2 Å². The van der Waals surface area contributed by atoms with Crippen molar-refractivity contribution in [2.75, 3.05) is 13.7 Å². The van der Waals surface area contributed by atoms with E-state index in [1.165, 1.54) is 6.26 Å². The first-order chi connectivity index (χ1) is 9.79. The van der Waals surface area contributed by atoms with Crippen molar-refractivity contribution in [1.82, 2.24) is 5.43 Å². The first-order valence-electron chi connectivity index (χ1n) is 6.32. The Morgan fingerprint density at radius 3 is 2.80 bits per heavy atom. The maximum atomic E-state index is 12.3. The fraction of sp³-hybridized carbons (Fsp3) is 0.200. The standard InChI is InChI=1S/C15H14N2O3/c1-19-11-6-4-10(5-7-11)12-9-16-17-14(12)15(18)13-3-2-8-20-13/h2-8,12,16H,9H2,1H3/t12-/m1/s1. The summed E-state index contributed by atoms with van der Waals surface area (Å²) in [7, 11) is 1.62. The zero-order valence-electron chi connectivity index (χ0n) is 11.0. The molecule has 3 rings (SSSR count). The molecular weight excluding hydrogens is 256 g/mol. The van der Waals surface area contributed by atoms with Gasteiger partial charge >= 0.3 is 0 Å². The minimum Gasteiger partial charge on any atom is -0.497 e. The van der Waals surface area contributed by atoms with E-state index in [4.69, 9.17) is 9.15 Å². The van der Waals surface area contributed by atoms with Gasteiger partial charge in [-0.25, -0.2) is 0 Å². The number of nitrogens with zero attached hydrogens (tertiary/aromatic N) is 1. The van der Waals surface area contributed by atoms with Gasteiger partial charge in [-0.3, -0.25) is 4.79 Å². The topological polar surface area (TPSA) is 63.8 Å². The Kier molecular flexibility index (Phi) is 3.25. The molecular formula is C15H14N2O3. The van der Waals surface area contributed by atoms with Crippen molar-refractivity contribution in [2.24, 2.45) is 5.10 Å². The van der Waals surface area contributed by atoms with Crippen LogP contribution in [0.25, 0.3) is 0 Å². The van der Waals surface area contributed by atoms with Gasteiger partial charge in [0.2, 0.25) is 5.78 Å². The molecule has 1 atom stereocenters. The van der Waals surface area contributed by atoms with Gasteiger partial charge in [0.1, 0.15) is 11.5 Å². The number of Topliss-reactive ketones (excluding diaryl/α,β-unsaturated/α-hetero) is 1. The normalized spacial score (nSPS) is 17.4. The predicted octanol–water partition coefficient (Wildman–Crippen LogP) is 2.21. The molecule has 1 aliphatic heterocycles. The van der Waals surface area contributed by atoms with Crippen molar-refractivity contribution in [3.63, 3.8) is 0 Å². The summed E-state index contributed by atoms with van der Waals surface area (Å²) in [5, 5.41) is 4.12. The van der Waals surface area contributed by atoms with Gasteiger partial charge in [-0.15, -0.1) is 0 Å². The van der Waals surface area contributed by atoms with Gasteiger partial charge in [-0.1, -0.05) is 12.1 Å². The number of hydrogen-bond acceptors (Lipinski definition) is 5. The van der Waals surface area contributed by atoms with Crippen LogP contribution in [0.5, 0.6) is 5.75 Å². The summed E-state index contributed by atoms with van der Waals surface area (Å²) in [6.07, 6.45) is 1.48. The van der Waals surface area contributed by atoms with Gasteiger partial charge in [0.25, 0.3) is 0 Å². The second kappa shape index (κ2) is 5.21. The molecule has 1 aliphatic rings. The van der Waals surface area contributed by atoms with Crippen LogP contribution in [-0.2, 0) is 0 Å². The number of carbonyl (C=O) groups excluding carboxylic acids is 1. The summed E-state index contributed by atoms with van der Waals surface area (Å²) < 4.78 is 10.3. The molecule has 2 aromatic rings. The predicted molar refractivity (Wildman–Crippen MR) is 74.2 cm³/mol. The van der Waals surface area contributed by atoms with E-state index < -0.39 is 0 Å². The number of ketones is 1. The third kappa shape index (κ3) is 2.18. The molecule has 1 aromatic heterocycles. The highest BCUT2D eigenvalue weighted by Gasteiger charge is 2.30. The number of ether oxygens (including phenoxy) is 1. The highest BCUT2D eigenvalue weighted by molar-refractivity contribution is 6.47. The van der Waals surface area contributed by atoms with Crippen LogP contribution in [-0.4, -0.2) is 25.1 Å². The number of nitrogens with one attached hydrogen (secondary N) is 1. The van der Waals surface area contributed by atoms with Crippen LogP contribution in [0, 0.1) is 0 Å². The lowest BCUT2D eigenvalue weighted by Gasteiger charge is -2.11.